The molecule has 0 aliphatic carbocycles. The number of hydrogen-bond acceptors (Lipinski definition) is 3. The highest BCUT2D eigenvalue weighted by atomic mass is 79.9. The Hall–Kier alpha value is -0.580. The quantitative estimate of drug-likeness (QED) is 0.690. The Bertz CT molecular complexity index is 328. The van der Waals surface area contributed by atoms with Gasteiger partial charge in [0.05, 0.1) is 6.61 Å². The van der Waals surface area contributed by atoms with E-state index in [4.69, 9.17) is 14.2 Å². The van der Waals surface area contributed by atoms with Gasteiger partial charge in [-0.2, -0.15) is 0 Å². The van der Waals surface area contributed by atoms with Crippen molar-refractivity contribution in [1.29, 1.82) is 0 Å². The lowest BCUT2D eigenvalue weighted by molar-refractivity contribution is 0.0805. The highest BCUT2D eigenvalue weighted by Crippen LogP contribution is 2.21. The van der Waals surface area contributed by atoms with Gasteiger partial charge in [-0.05, 0) is 37.1 Å². The maximum Gasteiger partial charge on any atom is 0.122 e. The Labute approximate surface area is 111 Å². The van der Waals surface area contributed by atoms with Crippen molar-refractivity contribution in [3.8, 4) is 5.75 Å². The molecule has 0 aromatic heterocycles. The Kier molecular flexibility index (Phi) is 7.24. The van der Waals surface area contributed by atoms with E-state index < -0.39 is 0 Å². The van der Waals surface area contributed by atoms with Crippen LogP contribution in [-0.2, 0) is 9.47 Å². The molecule has 96 valence electrons. The number of aryl methyl sites for hydroxylation is 1. The number of halogens is 1. The van der Waals surface area contributed by atoms with Crippen molar-refractivity contribution in [2.45, 2.75) is 13.3 Å². The fraction of sp³-hybridized carbons (Fsp3) is 0.538. The van der Waals surface area contributed by atoms with Crippen molar-refractivity contribution in [3.05, 3.63) is 28.2 Å². The maximum absolute atomic E-state index is 5.62. The summed E-state index contributed by atoms with van der Waals surface area (Å²) in [7, 11) is 1.69. The van der Waals surface area contributed by atoms with Gasteiger partial charge >= 0.3 is 0 Å². The molecule has 1 aromatic rings. The van der Waals surface area contributed by atoms with Crippen molar-refractivity contribution < 1.29 is 14.2 Å². The minimum atomic E-state index is 0.579. The minimum Gasteiger partial charge on any atom is -0.491 e. The van der Waals surface area contributed by atoms with Gasteiger partial charge in [-0.15, -0.1) is 0 Å². The van der Waals surface area contributed by atoms with E-state index in [2.05, 4.69) is 15.9 Å². The average molecular weight is 303 g/mol. The van der Waals surface area contributed by atoms with Crippen molar-refractivity contribution in [1.82, 2.24) is 0 Å². The molecule has 17 heavy (non-hydrogen) atoms. The number of hydrogen-bond donors (Lipinski definition) is 0. The summed E-state index contributed by atoms with van der Waals surface area (Å²) in [5.74, 6) is 0.911. The summed E-state index contributed by atoms with van der Waals surface area (Å²) in [6.45, 7) is 4.68. The summed E-state index contributed by atoms with van der Waals surface area (Å²) in [6.07, 6.45) is 0.924. The molecule has 0 bridgehead atoms. The second-order valence-corrected chi connectivity index (χ2v) is 4.63. The summed E-state index contributed by atoms with van der Waals surface area (Å²) in [5, 5.41) is 0. The largest absolute Gasteiger partial charge is 0.491 e. The smallest absolute Gasteiger partial charge is 0.122 e. The first-order valence-corrected chi connectivity index (χ1v) is 6.49. The molecule has 0 fully saturated rings. The lowest BCUT2D eigenvalue weighted by atomic mass is 10.2. The predicted octanol–water partition coefficient (Wildman–Crippen LogP) is 3.19. The van der Waals surface area contributed by atoms with Crippen LogP contribution in [0.25, 0.3) is 0 Å². The molecule has 0 aliphatic heterocycles. The third-order valence-electron chi connectivity index (χ3n) is 2.26. The van der Waals surface area contributed by atoms with Crippen LogP contribution in [0.4, 0.5) is 0 Å². The van der Waals surface area contributed by atoms with Gasteiger partial charge in [0.15, 0.2) is 0 Å². The Morgan fingerprint density at radius 3 is 2.65 bits per heavy atom. The Morgan fingerprint density at radius 1 is 1.12 bits per heavy atom. The van der Waals surface area contributed by atoms with Gasteiger partial charge < -0.3 is 14.2 Å². The number of benzene rings is 1. The lowest BCUT2D eigenvalue weighted by Crippen LogP contribution is -2.09. The topological polar surface area (TPSA) is 27.7 Å². The number of ether oxygens (including phenoxy) is 3. The summed E-state index contributed by atoms with van der Waals surface area (Å²) in [4.78, 5) is 0. The van der Waals surface area contributed by atoms with E-state index >= 15 is 0 Å². The summed E-state index contributed by atoms with van der Waals surface area (Å²) in [6, 6.07) is 5.97. The van der Waals surface area contributed by atoms with E-state index in [1.54, 1.807) is 7.11 Å². The first-order valence-electron chi connectivity index (χ1n) is 5.69. The fourth-order valence-corrected chi connectivity index (χ4v) is 1.87. The molecule has 0 N–H and O–H groups in total. The molecule has 0 saturated heterocycles. The molecular weight excluding hydrogens is 284 g/mol. The summed E-state index contributed by atoms with van der Waals surface area (Å²) in [5.41, 5.74) is 1.12. The molecule has 0 radical (unpaired) electrons. The monoisotopic (exact) mass is 302 g/mol. The van der Waals surface area contributed by atoms with E-state index in [1.165, 1.54) is 0 Å². The van der Waals surface area contributed by atoms with E-state index in [-0.39, 0.29) is 0 Å². The molecule has 3 nitrogen and oxygen atoms in total. The van der Waals surface area contributed by atoms with E-state index in [9.17, 15) is 0 Å². The highest BCUT2D eigenvalue weighted by molar-refractivity contribution is 9.10. The first-order chi connectivity index (χ1) is 8.24. The van der Waals surface area contributed by atoms with E-state index in [1.807, 2.05) is 25.1 Å². The van der Waals surface area contributed by atoms with Crippen molar-refractivity contribution in [2.24, 2.45) is 0 Å². The molecule has 0 spiro atoms. The zero-order valence-corrected chi connectivity index (χ0v) is 12.0. The zero-order valence-electron chi connectivity index (χ0n) is 10.4. The van der Waals surface area contributed by atoms with Gasteiger partial charge in [0.25, 0.3) is 0 Å². The van der Waals surface area contributed by atoms with Crippen LogP contribution in [0.1, 0.15) is 12.0 Å². The molecule has 0 atom stereocenters. The highest BCUT2D eigenvalue weighted by Gasteiger charge is 1.99. The minimum absolute atomic E-state index is 0.579. The van der Waals surface area contributed by atoms with E-state index in [0.717, 1.165) is 35.4 Å². The van der Waals surface area contributed by atoms with Crippen LogP contribution in [0.3, 0.4) is 0 Å². The second kappa shape index (κ2) is 8.50. The lowest BCUT2D eigenvalue weighted by Gasteiger charge is -2.09. The molecule has 0 amide bonds. The maximum atomic E-state index is 5.62. The van der Waals surface area contributed by atoms with E-state index in [0.29, 0.717) is 13.2 Å². The van der Waals surface area contributed by atoms with Crippen LogP contribution >= 0.6 is 15.9 Å². The van der Waals surface area contributed by atoms with Crippen molar-refractivity contribution in [3.63, 3.8) is 0 Å². The van der Waals surface area contributed by atoms with Gasteiger partial charge in [0.1, 0.15) is 12.4 Å². The molecule has 0 unspecified atom stereocenters. The van der Waals surface area contributed by atoms with Crippen LogP contribution in [0.5, 0.6) is 5.75 Å². The number of rotatable bonds is 8. The average Bonchev–Trinajstić information content (AvgIpc) is 2.30. The third kappa shape index (κ3) is 6.05. The normalized spacial score (nSPS) is 10.5. The Morgan fingerprint density at radius 2 is 1.94 bits per heavy atom. The van der Waals surface area contributed by atoms with Crippen LogP contribution in [0.15, 0.2) is 22.7 Å². The summed E-state index contributed by atoms with van der Waals surface area (Å²) < 4.78 is 17.0. The fourth-order valence-electron chi connectivity index (χ4n) is 1.39. The van der Waals surface area contributed by atoms with Crippen LogP contribution in [-0.4, -0.2) is 33.5 Å². The predicted molar refractivity (Wildman–Crippen MR) is 71.7 cm³/mol. The van der Waals surface area contributed by atoms with Gasteiger partial charge in [0, 0.05) is 24.8 Å². The summed E-state index contributed by atoms with van der Waals surface area (Å²) >= 11 is 3.42. The van der Waals surface area contributed by atoms with Gasteiger partial charge in [-0.3, -0.25) is 0 Å². The first kappa shape index (κ1) is 14.5. The zero-order chi connectivity index (χ0) is 12.5. The van der Waals surface area contributed by atoms with Crippen molar-refractivity contribution in [2.75, 3.05) is 33.5 Å². The van der Waals surface area contributed by atoms with Gasteiger partial charge in [-0.25, -0.2) is 0 Å². The molecular formula is C13H19BrO3. The van der Waals surface area contributed by atoms with Gasteiger partial charge in [0.2, 0.25) is 0 Å². The number of methoxy groups -OCH3 is 1. The van der Waals surface area contributed by atoms with Crippen molar-refractivity contribution >= 4 is 15.9 Å². The molecule has 0 aliphatic rings. The molecule has 0 saturated carbocycles. The van der Waals surface area contributed by atoms with Crippen LogP contribution in [0, 0.1) is 6.92 Å². The molecule has 1 aromatic carbocycles. The van der Waals surface area contributed by atoms with Crippen LogP contribution in [0.2, 0.25) is 0 Å². The molecule has 0 heterocycles. The second-order valence-electron chi connectivity index (χ2n) is 3.72. The molecule has 1 rings (SSSR count). The van der Waals surface area contributed by atoms with Crippen LogP contribution < -0.4 is 4.74 Å². The SMILES string of the molecule is COCCCOCCOc1ccc(Br)cc1C. The Balaban J connectivity index is 2.14. The molecule has 4 heteroatoms. The third-order valence-corrected chi connectivity index (χ3v) is 2.75. The van der Waals surface area contributed by atoms with Gasteiger partial charge in [-0.1, -0.05) is 15.9 Å². The standard InChI is InChI=1S/C13H19BrO3/c1-11-10-12(14)4-5-13(11)17-9-8-16-7-3-6-15-2/h4-5,10H,3,6-9H2,1-2H3.